The van der Waals surface area contributed by atoms with E-state index in [-0.39, 0.29) is 24.8 Å². The van der Waals surface area contributed by atoms with Gasteiger partial charge < -0.3 is 28.7 Å². The number of rotatable bonds is 3. The zero-order valence-electron chi connectivity index (χ0n) is 18.8. The van der Waals surface area contributed by atoms with Crippen molar-refractivity contribution in [1.29, 1.82) is 0 Å². The van der Waals surface area contributed by atoms with Crippen LogP contribution >= 0.6 is 0 Å². The summed E-state index contributed by atoms with van der Waals surface area (Å²) in [6.07, 6.45) is 0.838. The van der Waals surface area contributed by atoms with Crippen molar-refractivity contribution in [2.45, 2.75) is 38.1 Å². The molecule has 0 bridgehead atoms. The van der Waals surface area contributed by atoms with E-state index in [9.17, 15) is 4.79 Å². The maximum atomic E-state index is 14.4. The van der Waals surface area contributed by atoms with E-state index < -0.39 is 5.41 Å². The van der Waals surface area contributed by atoms with Crippen molar-refractivity contribution in [1.82, 2.24) is 0 Å². The number of fused-ring (bicyclic) bond motifs is 5. The smallest absolute Gasteiger partial charge is 0.246 e. The molecule has 1 saturated heterocycles. The minimum absolute atomic E-state index is 0.0673. The van der Waals surface area contributed by atoms with Gasteiger partial charge in [-0.15, -0.1) is 0 Å². The van der Waals surface area contributed by atoms with E-state index in [0.717, 1.165) is 42.0 Å². The minimum atomic E-state index is -0.910. The van der Waals surface area contributed by atoms with Crippen LogP contribution in [0.25, 0.3) is 0 Å². The molecule has 4 aliphatic heterocycles. The van der Waals surface area contributed by atoms with Crippen molar-refractivity contribution in [3.8, 4) is 17.2 Å². The normalized spacial score (nSPS) is 23.5. The number of hydrogen-bond donors (Lipinski definition) is 0. The van der Waals surface area contributed by atoms with Crippen molar-refractivity contribution in [3.63, 3.8) is 0 Å². The van der Waals surface area contributed by atoms with Gasteiger partial charge in [-0.1, -0.05) is 13.0 Å². The number of carbonyl (C=O) groups excluding carboxylic acids is 1. The van der Waals surface area contributed by atoms with Gasteiger partial charge in [-0.05, 0) is 38.5 Å². The summed E-state index contributed by atoms with van der Waals surface area (Å²) in [5, 5.41) is 0. The molecular weight excluding hydrogens is 408 g/mol. The second-order valence-corrected chi connectivity index (χ2v) is 9.47. The first-order valence-electron chi connectivity index (χ1n) is 11.3. The first-order valence-corrected chi connectivity index (χ1v) is 11.3. The Morgan fingerprint density at radius 2 is 1.72 bits per heavy atom. The van der Waals surface area contributed by atoms with Crippen LogP contribution in [0.4, 0.5) is 11.4 Å². The molecule has 1 unspecified atom stereocenters. The number of hydrogen-bond acceptors (Lipinski definition) is 6. The molecule has 2 aromatic carbocycles. The molecule has 1 spiro atoms. The van der Waals surface area contributed by atoms with Gasteiger partial charge in [-0.25, -0.2) is 0 Å². The van der Waals surface area contributed by atoms with Crippen LogP contribution in [0, 0.1) is 0 Å². The standard InChI is InChI=1S/C25H28N2O5/c1-4-24(2,3)27-18-7-5-6-17(26-8-10-29-11-9-26)22(18)25(23(27)28)14-30-19-13-21-20(12-16(19)25)31-15-32-21/h5-7,12-13H,4,8-11,14-15H2,1-3H3. The summed E-state index contributed by atoms with van der Waals surface area (Å²) in [4.78, 5) is 18.8. The van der Waals surface area contributed by atoms with E-state index in [2.05, 4.69) is 43.9 Å². The van der Waals surface area contributed by atoms with E-state index in [1.165, 1.54) is 0 Å². The molecule has 0 N–H and O–H groups in total. The van der Waals surface area contributed by atoms with E-state index in [1.54, 1.807) is 0 Å². The highest BCUT2D eigenvalue weighted by Gasteiger charge is 2.61. The number of nitrogens with zero attached hydrogens (tertiary/aromatic N) is 2. The van der Waals surface area contributed by atoms with Gasteiger partial charge in [-0.3, -0.25) is 4.79 Å². The van der Waals surface area contributed by atoms with Gasteiger partial charge in [0.25, 0.3) is 0 Å². The lowest BCUT2D eigenvalue weighted by Crippen LogP contribution is -2.51. The van der Waals surface area contributed by atoms with Crippen molar-refractivity contribution in [2.24, 2.45) is 0 Å². The molecule has 32 heavy (non-hydrogen) atoms. The molecule has 0 aromatic heterocycles. The predicted octanol–water partition coefficient (Wildman–Crippen LogP) is 3.47. The summed E-state index contributed by atoms with van der Waals surface area (Å²) in [5.41, 5.74) is 2.71. The second kappa shape index (κ2) is 6.78. The Morgan fingerprint density at radius 1 is 1.00 bits per heavy atom. The fraction of sp³-hybridized carbons (Fsp3) is 0.480. The van der Waals surface area contributed by atoms with Crippen LogP contribution in [0.3, 0.4) is 0 Å². The molecular formula is C25H28N2O5. The largest absolute Gasteiger partial charge is 0.491 e. The number of anilines is 2. The molecule has 1 fully saturated rings. The Balaban J connectivity index is 1.62. The van der Waals surface area contributed by atoms with Crippen LogP contribution in [0.5, 0.6) is 17.2 Å². The lowest BCUT2D eigenvalue weighted by Gasteiger charge is -2.36. The van der Waals surface area contributed by atoms with E-state index in [0.29, 0.717) is 30.5 Å². The van der Waals surface area contributed by atoms with Crippen LogP contribution in [-0.2, 0) is 14.9 Å². The van der Waals surface area contributed by atoms with Gasteiger partial charge >= 0.3 is 0 Å². The molecule has 0 aliphatic carbocycles. The molecule has 1 atom stereocenters. The zero-order valence-corrected chi connectivity index (χ0v) is 18.8. The number of amides is 1. The molecule has 1 amide bonds. The van der Waals surface area contributed by atoms with Crippen LogP contribution in [0.1, 0.15) is 38.3 Å². The number of carbonyl (C=O) groups is 1. The molecule has 6 rings (SSSR count). The number of morpholine rings is 1. The van der Waals surface area contributed by atoms with Crippen molar-refractivity contribution >= 4 is 17.3 Å². The monoisotopic (exact) mass is 436 g/mol. The fourth-order valence-corrected chi connectivity index (χ4v) is 5.41. The molecule has 4 heterocycles. The third-order valence-corrected chi connectivity index (χ3v) is 7.46. The summed E-state index contributed by atoms with van der Waals surface area (Å²) >= 11 is 0. The van der Waals surface area contributed by atoms with E-state index in [4.69, 9.17) is 18.9 Å². The van der Waals surface area contributed by atoms with Crippen molar-refractivity contribution < 1.29 is 23.7 Å². The number of benzene rings is 2. The van der Waals surface area contributed by atoms with Gasteiger partial charge in [0.05, 0.1) is 18.9 Å². The summed E-state index contributed by atoms with van der Waals surface area (Å²) in [5.74, 6) is 2.10. The quantitative estimate of drug-likeness (QED) is 0.735. The Kier molecular flexibility index (Phi) is 4.18. The summed E-state index contributed by atoms with van der Waals surface area (Å²) < 4.78 is 23.0. The predicted molar refractivity (Wildman–Crippen MR) is 120 cm³/mol. The highest BCUT2D eigenvalue weighted by Crippen LogP contribution is 2.58. The summed E-state index contributed by atoms with van der Waals surface area (Å²) in [6, 6.07) is 10.1. The Labute approximate surface area is 187 Å². The first-order chi connectivity index (χ1) is 15.5. The first kappa shape index (κ1) is 19.7. The molecule has 7 nitrogen and oxygen atoms in total. The molecule has 2 aromatic rings. The van der Waals surface area contributed by atoms with Crippen molar-refractivity contribution in [3.05, 3.63) is 41.5 Å². The molecule has 7 heteroatoms. The van der Waals surface area contributed by atoms with Gasteiger partial charge in [0.15, 0.2) is 11.5 Å². The molecule has 4 aliphatic rings. The lowest BCUT2D eigenvalue weighted by atomic mass is 9.75. The van der Waals surface area contributed by atoms with Crippen LogP contribution < -0.4 is 24.0 Å². The maximum absolute atomic E-state index is 14.4. The SMILES string of the molecule is CCC(C)(C)N1C(=O)C2(COc3cc4c(cc32)OCO4)c2c(N3CCOCC3)cccc21. The number of ether oxygens (including phenoxy) is 4. The van der Waals surface area contributed by atoms with Gasteiger partial charge in [0, 0.05) is 41.5 Å². The highest BCUT2D eigenvalue weighted by atomic mass is 16.7. The van der Waals surface area contributed by atoms with Crippen LogP contribution in [0.2, 0.25) is 0 Å². The lowest BCUT2D eigenvalue weighted by molar-refractivity contribution is -0.123. The summed E-state index contributed by atoms with van der Waals surface area (Å²) in [7, 11) is 0. The fourth-order valence-electron chi connectivity index (χ4n) is 5.41. The Morgan fingerprint density at radius 3 is 2.47 bits per heavy atom. The van der Waals surface area contributed by atoms with Crippen molar-refractivity contribution in [2.75, 3.05) is 49.5 Å². The van der Waals surface area contributed by atoms with Crippen LogP contribution in [0.15, 0.2) is 30.3 Å². The third kappa shape index (κ3) is 2.48. The summed E-state index contributed by atoms with van der Waals surface area (Å²) in [6.45, 7) is 9.80. The topological polar surface area (TPSA) is 60.5 Å². The highest BCUT2D eigenvalue weighted by molar-refractivity contribution is 6.14. The average molecular weight is 437 g/mol. The minimum Gasteiger partial charge on any atom is -0.491 e. The van der Waals surface area contributed by atoms with Crippen LogP contribution in [-0.4, -0.2) is 51.1 Å². The Hall–Kier alpha value is -2.93. The molecule has 0 radical (unpaired) electrons. The van der Waals surface area contributed by atoms with Gasteiger partial charge in [0.1, 0.15) is 17.8 Å². The van der Waals surface area contributed by atoms with Gasteiger partial charge in [0.2, 0.25) is 12.7 Å². The molecule has 0 saturated carbocycles. The van der Waals surface area contributed by atoms with E-state index >= 15 is 0 Å². The third-order valence-electron chi connectivity index (χ3n) is 7.46. The average Bonchev–Trinajstić information content (AvgIpc) is 3.49. The maximum Gasteiger partial charge on any atom is 0.246 e. The van der Waals surface area contributed by atoms with E-state index in [1.807, 2.05) is 17.0 Å². The second-order valence-electron chi connectivity index (χ2n) is 9.47. The zero-order chi connectivity index (χ0) is 22.1. The van der Waals surface area contributed by atoms with Gasteiger partial charge in [-0.2, -0.15) is 0 Å². The molecule has 168 valence electrons. The Bertz CT molecular complexity index is 1110.